The van der Waals surface area contributed by atoms with Crippen molar-refractivity contribution in [3.05, 3.63) is 136 Å². The maximum Gasteiger partial charge on any atom is 0.265 e. The summed E-state index contributed by atoms with van der Waals surface area (Å²) in [5.41, 5.74) is 4.13. The Bertz CT molecular complexity index is 1490. The number of nitrogens with zero attached hydrogens (tertiary/aromatic N) is 1. The highest BCUT2D eigenvalue weighted by Gasteiger charge is 2.30. The van der Waals surface area contributed by atoms with Gasteiger partial charge in [0.15, 0.2) is 0 Å². The lowest BCUT2D eigenvalue weighted by atomic mass is 10.1. The van der Waals surface area contributed by atoms with Gasteiger partial charge in [-0.2, -0.15) is 0 Å². The van der Waals surface area contributed by atoms with Crippen LogP contribution in [-0.4, -0.2) is 17.9 Å². The van der Waals surface area contributed by atoms with Gasteiger partial charge in [0.25, 0.3) is 11.8 Å². The number of fused-ring (bicyclic) bond motifs is 1. The molecular weight excluding hydrogens is 507 g/mol. The van der Waals surface area contributed by atoms with Gasteiger partial charge in [-0.3, -0.25) is 9.59 Å². The highest BCUT2D eigenvalue weighted by molar-refractivity contribution is 8.04. The van der Waals surface area contributed by atoms with E-state index in [0.717, 1.165) is 28.9 Å². The van der Waals surface area contributed by atoms with Gasteiger partial charge in [0, 0.05) is 16.5 Å². The van der Waals surface area contributed by atoms with E-state index >= 15 is 0 Å². The maximum atomic E-state index is 13.7. The SMILES string of the molecule is CC(CCc1ccccc1)NC(=O)c1ccc2c(c1)N(Cc1ccc(F)cc1)C(=O)C(=Cc1ccccc1)S2. The summed E-state index contributed by atoms with van der Waals surface area (Å²) in [5, 5.41) is 3.09. The lowest BCUT2D eigenvalue weighted by Gasteiger charge is -2.31. The van der Waals surface area contributed by atoms with Crippen LogP contribution in [0.2, 0.25) is 0 Å². The molecule has 5 rings (SSSR count). The van der Waals surface area contributed by atoms with Crippen LogP contribution in [0.4, 0.5) is 10.1 Å². The van der Waals surface area contributed by atoms with Gasteiger partial charge >= 0.3 is 0 Å². The number of anilines is 1. The number of rotatable bonds is 8. The first kappa shape index (κ1) is 26.4. The molecular formula is C33H29FN2O2S. The highest BCUT2D eigenvalue weighted by atomic mass is 32.2. The number of halogens is 1. The van der Waals surface area contributed by atoms with E-state index in [1.807, 2.05) is 67.6 Å². The third-order valence-electron chi connectivity index (χ3n) is 6.63. The summed E-state index contributed by atoms with van der Waals surface area (Å²) >= 11 is 1.39. The van der Waals surface area contributed by atoms with Gasteiger partial charge in [-0.25, -0.2) is 4.39 Å². The molecule has 0 radical (unpaired) electrons. The normalized spacial score (nSPS) is 14.7. The predicted octanol–water partition coefficient (Wildman–Crippen LogP) is 7.26. The molecule has 4 aromatic rings. The smallest absolute Gasteiger partial charge is 0.265 e. The molecule has 0 saturated heterocycles. The van der Waals surface area contributed by atoms with E-state index in [-0.39, 0.29) is 30.2 Å². The molecule has 196 valence electrons. The molecule has 1 N–H and O–H groups in total. The summed E-state index contributed by atoms with van der Waals surface area (Å²) in [6, 6.07) is 31.5. The fourth-order valence-corrected chi connectivity index (χ4v) is 5.53. The van der Waals surface area contributed by atoms with Crippen molar-refractivity contribution in [3.63, 3.8) is 0 Å². The van der Waals surface area contributed by atoms with Crippen LogP contribution < -0.4 is 10.2 Å². The first-order valence-electron chi connectivity index (χ1n) is 13.0. The molecule has 0 aliphatic carbocycles. The second kappa shape index (κ2) is 12.1. The van der Waals surface area contributed by atoms with E-state index in [4.69, 9.17) is 0 Å². The molecule has 4 aromatic carbocycles. The van der Waals surface area contributed by atoms with Crippen molar-refractivity contribution in [3.8, 4) is 0 Å². The summed E-state index contributed by atoms with van der Waals surface area (Å²) in [6.45, 7) is 2.26. The Balaban J connectivity index is 1.39. The van der Waals surface area contributed by atoms with Crippen molar-refractivity contribution >= 4 is 35.3 Å². The molecule has 0 fully saturated rings. The Morgan fingerprint density at radius 2 is 1.62 bits per heavy atom. The molecule has 1 aliphatic rings. The van der Waals surface area contributed by atoms with Crippen molar-refractivity contribution in [1.29, 1.82) is 0 Å². The molecule has 6 heteroatoms. The monoisotopic (exact) mass is 536 g/mol. The summed E-state index contributed by atoms with van der Waals surface area (Å²) < 4.78 is 13.5. The molecule has 0 saturated carbocycles. The van der Waals surface area contributed by atoms with Gasteiger partial charge in [0.2, 0.25) is 0 Å². The first-order valence-corrected chi connectivity index (χ1v) is 13.8. The van der Waals surface area contributed by atoms with Gasteiger partial charge in [0.05, 0.1) is 17.1 Å². The number of aryl methyl sites for hydroxylation is 1. The number of carbonyl (C=O) groups is 2. The van der Waals surface area contributed by atoms with E-state index < -0.39 is 0 Å². The minimum absolute atomic E-state index is 0.0135. The predicted molar refractivity (Wildman–Crippen MR) is 156 cm³/mol. The highest BCUT2D eigenvalue weighted by Crippen LogP contribution is 2.43. The topological polar surface area (TPSA) is 49.4 Å². The third kappa shape index (κ3) is 6.65. The van der Waals surface area contributed by atoms with Crippen LogP contribution in [0.1, 0.15) is 40.4 Å². The number of hydrogen-bond donors (Lipinski definition) is 1. The standard InChI is InChI=1S/C33H29FN2O2S/c1-23(12-13-24-8-4-2-5-9-24)35-32(37)27-16-19-30-29(21-27)36(22-26-14-17-28(34)18-15-26)33(38)31(39-30)20-25-10-6-3-7-11-25/h2-11,14-21,23H,12-13,22H2,1H3,(H,35,37). The number of thioether (sulfide) groups is 1. The molecule has 0 bridgehead atoms. The van der Waals surface area contributed by atoms with Crippen LogP contribution in [0.15, 0.2) is 113 Å². The zero-order valence-electron chi connectivity index (χ0n) is 21.6. The summed E-state index contributed by atoms with van der Waals surface area (Å²) in [5.74, 6) is -0.665. The van der Waals surface area contributed by atoms with Crippen molar-refractivity contribution in [1.82, 2.24) is 5.32 Å². The molecule has 4 nitrogen and oxygen atoms in total. The number of benzene rings is 4. The molecule has 1 aliphatic heterocycles. The summed E-state index contributed by atoms with van der Waals surface area (Å²) in [4.78, 5) is 30.0. The van der Waals surface area contributed by atoms with E-state index in [0.29, 0.717) is 16.2 Å². The molecule has 39 heavy (non-hydrogen) atoms. The van der Waals surface area contributed by atoms with Gasteiger partial charge in [0.1, 0.15) is 5.82 Å². The Kier molecular flexibility index (Phi) is 8.23. The lowest BCUT2D eigenvalue weighted by molar-refractivity contribution is -0.114. The van der Waals surface area contributed by atoms with Crippen LogP contribution >= 0.6 is 11.8 Å². The maximum absolute atomic E-state index is 13.7. The second-order valence-corrected chi connectivity index (χ2v) is 10.7. The van der Waals surface area contributed by atoms with Gasteiger partial charge in [-0.05, 0) is 72.9 Å². The first-order chi connectivity index (χ1) is 19.0. The third-order valence-corrected chi connectivity index (χ3v) is 7.70. The lowest BCUT2D eigenvalue weighted by Crippen LogP contribution is -2.35. The van der Waals surface area contributed by atoms with Crippen LogP contribution in [-0.2, 0) is 17.8 Å². The average Bonchev–Trinajstić information content (AvgIpc) is 2.96. The van der Waals surface area contributed by atoms with E-state index in [2.05, 4.69) is 17.4 Å². The second-order valence-electron chi connectivity index (χ2n) is 9.62. The van der Waals surface area contributed by atoms with Gasteiger partial charge < -0.3 is 10.2 Å². The number of carbonyl (C=O) groups excluding carboxylic acids is 2. The molecule has 0 aromatic heterocycles. The molecule has 1 atom stereocenters. The Morgan fingerprint density at radius 3 is 2.33 bits per heavy atom. The zero-order valence-corrected chi connectivity index (χ0v) is 22.5. The van der Waals surface area contributed by atoms with Crippen molar-refractivity contribution in [2.24, 2.45) is 0 Å². The quantitative estimate of drug-likeness (QED) is 0.241. The van der Waals surface area contributed by atoms with E-state index in [1.165, 1.54) is 29.5 Å². The average molecular weight is 537 g/mol. The van der Waals surface area contributed by atoms with Crippen molar-refractivity contribution < 1.29 is 14.0 Å². The van der Waals surface area contributed by atoms with Crippen molar-refractivity contribution in [2.75, 3.05) is 4.90 Å². The minimum Gasteiger partial charge on any atom is -0.350 e. The van der Waals surface area contributed by atoms with Crippen LogP contribution in [0.3, 0.4) is 0 Å². The zero-order chi connectivity index (χ0) is 27.2. The summed E-state index contributed by atoms with van der Waals surface area (Å²) in [6.07, 6.45) is 3.57. The molecule has 0 spiro atoms. The van der Waals surface area contributed by atoms with E-state index in [1.54, 1.807) is 29.2 Å². The fourth-order valence-electron chi connectivity index (χ4n) is 4.49. The largest absolute Gasteiger partial charge is 0.350 e. The number of amides is 2. The van der Waals surface area contributed by atoms with Gasteiger partial charge in [-0.15, -0.1) is 0 Å². The molecule has 2 amide bonds. The van der Waals surface area contributed by atoms with Crippen molar-refractivity contribution in [2.45, 2.75) is 37.2 Å². The Morgan fingerprint density at radius 1 is 0.923 bits per heavy atom. The Labute approximate surface area is 232 Å². The number of nitrogens with one attached hydrogen (secondary N) is 1. The van der Waals surface area contributed by atoms with Crippen LogP contribution in [0, 0.1) is 5.82 Å². The summed E-state index contributed by atoms with van der Waals surface area (Å²) in [7, 11) is 0. The molecule has 1 heterocycles. The van der Waals surface area contributed by atoms with E-state index in [9.17, 15) is 14.0 Å². The Hall–Kier alpha value is -4.16. The fraction of sp³-hybridized carbons (Fsp3) is 0.152. The van der Waals surface area contributed by atoms with Crippen LogP contribution in [0.5, 0.6) is 0 Å². The molecule has 1 unspecified atom stereocenters. The number of hydrogen-bond acceptors (Lipinski definition) is 3. The van der Waals surface area contributed by atoms with Gasteiger partial charge in [-0.1, -0.05) is 84.6 Å². The minimum atomic E-state index is -0.329. The van der Waals surface area contributed by atoms with Crippen LogP contribution in [0.25, 0.3) is 6.08 Å².